The molecule has 1 saturated heterocycles. The first-order chi connectivity index (χ1) is 9.90. The minimum atomic E-state index is -0.358. The third-order valence-electron chi connectivity index (χ3n) is 4.08. The zero-order valence-corrected chi connectivity index (χ0v) is 13.4. The van der Waals surface area contributed by atoms with E-state index >= 15 is 0 Å². The van der Waals surface area contributed by atoms with Gasteiger partial charge in [0, 0.05) is 24.7 Å². The number of carbonyl (C=O) groups excluding carboxylic acids is 1. The predicted octanol–water partition coefficient (Wildman–Crippen LogP) is 2.42. The number of hydrogen-bond acceptors (Lipinski definition) is 5. The third-order valence-corrected chi connectivity index (χ3v) is 4.08. The van der Waals surface area contributed by atoms with Gasteiger partial charge in [-0.3, -0.25) is 4.90 Å². The van der Waals surface area contributed by atoms with Gasteiger partial charge in [-0.15, -0.1) is 0 Å². The first-order valence-electron chi connectivity index (χ1n) is 7.54. The van der Waals surface area contributed by atoms with Crippen LogP contribution in [0.15, 0.2) is 16.7 Å². The SMILES string of the molecule is COC(=O)c1coc(CNC2CCN(C(C)(C)C)CC2)c1. The minimum Gasteiger partial charge on any atom is -0.467 e. The Morgan fingerprint density at radius 2 is 2.10 bits per heavy atom. The van der Waals surface area contributed by atoms with Crippen LogP contribution in [0.25, 0.3) is 0 Å². The van der Waals surface area contributed by atoms with Crippen LogP contribution < -0.4 is 5.32 Å². The van der Waals surface area contributed by atoms with Crippen molar-refractivity contribution in [3.8, 4) is 0 Å². The van der Waals surface area contributed by atoms with Crippen molar-refractivity contribution in [1.29, 1.82) is 0 Å². The van der Waals surface area contributed by atoms with Crippen LogP contribution in [0.4, 0.5) is 0 Å². The lowest BCUT2D eigenvalue weighted by atomic mass is 9.98. The fourth-order valence-electron chi connectivity index (χ4n) is 2.70. The summed E-state index contributed by atoms with van der Waals surface area (Å²) in [7, 11) is 1.37. The van der Waals surface area contributed by atoms with E-state index in [0.717, 1.165) is 31.7 Å². The van der Waals surface area contributed by atoms with Gasteiger partial charge >= 0.3 is 5.97 Å². The van der Waals surface area contributed by atoms with Crippen LogP contribution in [-0.4, -0.2) is 42.6 Å². The van der Waals surface area contributed by atoms with Gasteiger partial charge in [0.05, 0.1) is 19.2 Å². The Morgan fingerprint density at radius 3 is 2.67 bits per heavy atom. The molecule has 1 aliphatic heterocycles. The second-order valence-electron chi connectivity index (χ2n) is 6.61. The lowest BCUT2D eigenvalue weighted by Crippen LogP contribution is -2.49. The number of methoxy groups -OCH3 is 1. The molecule has 1 aromatic rings. The number of furan rings is 1. The number of ether oxygens (including phenoxy) is 1. The molecule has 2 heterocycles. The highest BCUT2D eigenvalue weighted by Crippen LogP contribution is 2.20. The number of nitrogens with one attached hydrogen (secondary N) is 1. The standard InChI is InChI=1S/C16H26N2O3/c1-16(2,3)18-7-5-13(6-8-18)17-10-14-9-12(11-21-14)15(19)20-4/h9,11,13,17H,5-8,10H2,1-4H3. The lowest BCUT2D eigenvalue weighted by Gasteiger charge is -2.41. The maximum Gasteiger partial charge on any atom is 0.341 e. The Hall–Kier alpha value is -1.33. The summed E-state index contributed by atoms with van der Waals surface area (Å²) in [4.78, 5) is 13.9. The molecule has 0 radical (unpaired) electrons. The zero-order chi connectivity index (χ0) is 15.5. The maximum absolute atomic E-state index is 11.4. The van der Waals surface area contributed by atoms with E-state index in [1.54, 1.807) is 6.07 Å². The molecule has 1 aromatic heterocycles. The summed E-state index contributed by atoms with van der Waals surface area (Å²) in [6.45, 7) is 9.67. The Kier molecular flexibility index (Phi) is 5.06. The van der Waals surface area contributed by atoms with Gasteiger partial charge in [-0.05, 0) is 39.7 Å². The summed E-state index contributed by atoms with van der Waals surface area (Å²) in [5.74, 6) is 0.414. The van der Waals surface area contributed by atoms with E-state index < -0.39 is 0 Å². The van der Waals surface area contributed by atoms with E-state index in [2.05, 4.69) is 35.7 Å². The fourth-order valence-corrected chi connectivity index (χ4v) is 2.70. The average Bonchev–Trinajstić information content (AvgIpc) is 2.92. The summed E-state index contributed by atoms with van der Waals surface area (Å²) in [6.07, 6.45) is 3.73. The van der Waals surface area contributed by atoms with Crippen LogP contribution in [-0.2, 0) is 11.3 Å². The number of likely N-dealkylation sites (tertiary alicyclic amines) is 1. The van der Waals surface area contributed by atoms with Gasteiger partial charge in [-0.25, -0.2) is 4.79 Å². The highest BCUT2D eigenvalue weighted by Gasteiger charge is 2.26. The highest BCUT2D eigenvalue weighted by molar-refractivity contribution is 5.88. The molecule has 5 heteroatoms. The highest BCUT2D eigenvalue weighted by atomic mass is 16.5. The average molecular weight is 294 g/mol. The lowest BCUT2D eigenvalue weighted by molar-refractivity contribution is 0.0600. The Bertz CT molecular complexity index is 468. The van der Waals surface area contributed by atoms with Crippen molar-refractivity contribution >= 4 is 5.97 Å². The molecular formula is C16H26N2O3. The number of nitrogens with zero attached hydrogens (tertiary/aromatic N) is 1. The van der Waals surface area contributed by atoms with Crippen LogP contribution in [0.5, 0.6) is 0 Å². The molecule has 0 aromatic carbocycles. The van der Waals surface area contributed by atoms with Crippen molar-refractivity contribution in [2.75, 3.05) is 20.2 Å². The predicted molar refractivity (Wildman–Crippen MR) is 81.2 cm³/mol. The first-order valence-corrected chi connectivity index (χ1v) is 7.54. The summed E-state index contributed by atoms with van der Waals surface area (Å²) in [5.41, 5.74) is 0.721. The van der Waals surface area contributed by atoms with E-state index in [1.807, 2.05) is 0 Å². The number of piperidine rings is 1. The van der Waals surface area contributed by atoms with Crippen molar-refractivity contribution in [3.05, 3.63) is 23.7 Å². The normalized spacial score (nSPS) is 17.9. The Balaban J connectivity index is 1.77. The van der Waals surface area contributed by atoms with E-state index in [9.17, 15) is 4.79 Å². The van der Waals surface area contributed by atoms with E-state index in [1.165, 1.54) is 13.4 Å². The fraction of sp³-hybridized carbons (Fsp3) is 0.688. The zero-order valence-electron chi connectivity index (χ0n) is 13.4. The molecule has 0 unspecified atom stereocenters. The topological polar surface area (TPSA) is 54.7 Å². The molecule has 1 N–H and O–H groups in total. The van der Waals surface area contributed by atoms with Gasteiger partial charge in [-0.1, -0.05) is 0 Å². The van der Waals surface area contributed by atoms with Gasteiger partial charge in [-0.2, -0.15) is 0 Å². The molecule has 0 bridgehead atoms. The quantitative estimate of drug-likeness (QED) is 0.864. The number of rotatable bonds is 4. The summed E-state index contributed by atoms with van der Waals surface area (Å²) in [5, 5.41) is 3.51. The molecule has 1 aliphatic rings. The molecule has 0 aliphatic carbocycles. The monoisotopic (exact) mass is 294 g/mol. The number of carbonyl (C=O) groups is 1. The van der Waals surface area contributed by atoms with Crippen molar-refractivity contribution < 1.29 is 13.9 Å². The molecule has 5 nitrogen and oxygen atoms in total. The van der Waals surface area contributed by atoms with Crippen LogP contribution >= 0.6 is 0 Å². The second kappa shape index (κ2) is 6.62. The van der Waals surface area contributed by atoms with E-state index in [4.69, 9.17) is 4.42 Å². The van der Waals surface area contributed by atoms with Crippen LogP contribution in [0.1, 0.15) is 49.7 Å². The molecule has 118 valence electrons. The largest absolute Gasteiger partial charge is 0.467 e. The summed E-state index contributed by atoms with van der Waals surface area (Å²) < 4.78 is 10.0. The molecule has 1 fully saturated rings. The summed E-state index contributed by atoms with van der Waals surface area (Å²) in [6, 6.07) is 2.25. The van der Waals surface area contributed by atoms with Gasteiger partial charge in [0.1, 0.15) is 12.0 Å². The molecule has 21 heavy (non-hydrogen) atoms. The van der Waals surface area contributed by atoms with Gasteiger partial charge in [0.2, 0.25) is 0 Å². The Labute approximate surface area is 126 Å². The minimum absolute atomic E-state index is 0.251. The second-order valence-corrected chi connectivity index (χ2v) is 6.61. The van der Waals surface area contributed by atoms with Gasteiger partial charge < -0.3 is 14.5 Å². The summed E-state index contributed by atoms with van der Waals surface area (Å²) >= 11 is 0. The van der Waals surface area contributed by atoms with E-state index in [0.29, 0.717) is 18.2 Å². The third kappa shape index (κ3) is 4.32. The first kappa shape index (κ1) is 16.0. The van der Waals surface area contributed by atoms with Crippen molar-refractivity contribution in [1.82, 2.24) is 10.2 Å². The molecule has 0 amide bonds. The van der Waals surface area contributed by atoms with Gasteiger partial charge in [0.25, 0.3) is 0 Å². The van der Waals surface area contributed by atoms with Crippen molar-refractivity contribution in [2.45, 2.75) is 51.7 Å². The van der Waals surface area contributed by atoms with E-state index in [-0.39, 0.29) is 11.5 Å². The molecule has 2 rings (SSSR count). The molecule has 0 atom stereocenters. The Morgan fingerprint density at radius 1 is 1.43 bits per heavy atom. The van der Waals surface area contributed by atoms with Crippen LogP contribution in [0.3, 0.4) is 0 Å². The maximum atomic E-state index is 11.4. The molecule has 0 spiro atoms. The molecule has 0 saturated carbocycles. The van der Waals surface area contributed by atoms with Crippen molar-refractivity contribution in [2.24, 2.45) is 0 Å². The number of esters is 1. The van der Waals surface area contributed by atoms with Crippen LogP contribution in [0, 0.1) is 0 Å². The smallest absolute Gasteiger partial charge is 0.341 e. The van der Waals surface area contributed by atoms with Crippen molar-refractivity contribution in [3.63, 3.8) is 0 Å². The van der Waals surface area contributed by atoms with Gasteiger partial charge in [0.15, 0.2) is 0 Å². The van der Waals surface area contributed by atoms with Crippen LogP contribution in [0.2, 0.25) is 0 Å². The molecular weight excluding hydrogens is 268 g/mol. The number of hydrogen-bond donors (Lipinski definition) is 1.